The molecule has 0 aliphatic heterocycles. The summed E-state index contributed by atoms with van der Waals surface area (Å²) in [5, 5.41) is 7.50. The maximum Gasteiger partial charge on any atom is 0.332 e. The standard InChI is InChI=1S/C7H12O2.C5H8O2.C3HNO/c1-3-5-6-9-7(8)4-2;1-4(2)5(6)7-3;4-2-1-3-5/h4H,2-3,5-6H2,1H3;1H2,2-3H3;1H. The molecule has 6 nitrogen and oxygen atoms in total. The Kier molecular flexibility index (Phi) is 22.0. The molecule has 0 unspecified atom stereocenters. The highest BCUT2D eigenvalue weighted by molar-refractivity contribution is 5.86. The zero-order chi connectivity index (χ0) is 17.1. The van der Waals surface area contributed by atoms with E-state index in [0.29, 0.717) is 12.2 Å². The molecule has 21 heavy (non-hydrogen) atoms. The molecule has 0 heterocycles. The number of allylic oxidation sites excluding steroid dienone is 1. The molecule has 0 aromatic heterocycles. The zero-order valence-corrected chi connectivity index (χ0v) is 12.7. The van der Waals surface area contributed by atoms with Crippen molar-refractivity contribution < 1.29 is 23.9 Å². The predicted molar refractivity (Wildman–Crippen MR) is 78.8 cm³/mol. The van der Waals surface area contributed by atoms with Crippen LogP contribution in [0.5, 0.6) is 0 Å². The Morgan fingerprint density at radius 1 is 1.38 bits per heavy atom. The number of nitrogens with zero attached hydrogens (tertiary/aromatic N) is 1. The van der Waals surface area contributed by atoms with Gasteiger partial charge < -0.3 is 9.47 Å². The molecule has 0 atom stereocenters. The lowest BCUT2D eigenvalue weighted by Crippen LogP contribution is -2.00. The van der Waals surface area contributed by atoms with Crippen LogP contribution in [0.25, 0.3) is 0 Å². The lowest BCUT2D eigenvalue weighted by Gasteiger charge is -1.97. The monoisotopic (exact) mass is 295 g/mol. The van der Waals surface area contributed by atoms with Crippen molar-refractivity contribution >= 4 is 17.9 Å². The summed E-state index contributed by atoms with van der Waals surface area (Å²) in [4.78, 5) is 29.5. The molecule has 6 heteroatoms. The molecule has 0 aromatic carbocycles. The molecule has 0 rings (SSSR count). The van der Waals surface area contributed by atoms with Gasteiger partial charge in [-0.05, 0) is 13.3 Å². The molecule has 0 N–H and O–H groups in total. The number of hydrogen-bond acceptors (Lipinski definition) is 6. The SMILES string of the molecule is C=C(C)C(=O)OC.C=CC(=O)OCCCC.N#CC=C=O. The highest BCUT2D eigenvalue weighted by Gasteiger charge is 1.95. The maximum atomic E-state index is 10.3. The first-order chi connectivity index (χ1) is 9.90. The minimum Gasteiger partial charge on any atom is -0.466 e. The molecular formula is C15H21NO5. The number of nitriles is 1. The molecular weight excluding hydrogens is 274 g/mol. The number of carbonyl (C=O) groups excluding carboxylic acids is 3. The number of esters is 2. The summed E-state index contributed by atoms with van der Waals surface area (Å²) in [5.41, 5.74) is 0.433. The molecule has 0 saturated carbocycles. The highest BCUT2D eigenvalue weighted by atomic mass is 16.5. The fraction of sp³-hybridized carbons (Fsp3) is 0.400. The highest BCUT2D eigenvalue weighted by Crippen LogP contribution is 1.88. The van der Waals surface area contributed by atoms with E-state index < -0.39 is 0 Å². The van der Waals surface area contributed by atoms with Crippen molar-refractivity contribution in [3.63, 3.8) is 0 Å². The molecule has 0 aliphatic carbocycles. The van der Waals surface area contributed by atoms with Gasteiger partial charge >= 0.3 is 11.9 Å². The molecule has 0 radical (unpaired) electrons. The number of hydrogen-bond donors (Lipinski definition) is 0. The first kappa shape index (κ1) is 23.5. The van der Waals surface area contributed by atoms with E-state index in [2.05, 4.69) is 22.6 Å². The van der Waals surface area contributed by atoms with E-state index in [-0.39, 0.29) is 11.9 Å². The summed E-state index contributed by atoms with van der Waals surface area (Å²) in [6.45, 7) is 10.8. The first-order valence-corrected chi connectivity index (χ1v) is 6.03. The largest absolute Gasteiger partial charge is 0.466 e. The third-order valence-electron chi connectivity index (χ3n) is 1.57. The van der Waals surface area contributed by atoms with Gasteiger partial charge in [-0.15, -0.1) is 0 Å². The van der Waals surface area contributed by atoms with Crippen LogP contribution in [0.15, 0.2) is 30.9 Å². The molecule has 0 fully saturated rings. The van der Waals surface area contributed by atoms with Crippen molar-refractivity contribution in [2.75, 3.05) is 13.7 Å². The molecule has 0 amide bonds. The Hall–Kier alpha value is -2.64. The fourth-order valence-electron chi connectivity index (χ4n) is 0.577. The van der Waals surface area contributed by atoms with Gasteiger partial charge in [0.1, 0.15) is 12.0 Å². The average molecular weight is 295 g/mol. The maximum absolute atomic E-state index is 10.3. The summed E-state index contributed by atoms with van der Waals surface area (Å²) in [7, 11) is 1.33. The Labute approximate surface area is 125 Å². The Morgan fingerprint density at radius 2 is 1.95 bits per heavy atom. The lowest BCUT2D eigenvalue weighted by molar-refractivity contribution is -0.138. The number of unbranched alkanes of at least 4 members (excludes halogenated alkanes) is 1. The molecule has 0 aliphatic rings. The van der Waals surface area contributed by atoms with E-state index in [1.54, 1.807) is 6.92 Å². The normalized spacial score (nSPS) is 7.14. The van der Waals surface area contributed by atoms with E-state index in [1.165, 1.54) is 25.2 Å². The molecule has 116 valence electrons. The van der Waals surface area contributed by atoms with Crippen LogP contribution in [0.3, 0.4) is 0 Å². The summed E-state index contributed by atoms with van der Waals surface area (Å²) >= 11 is 0. The van der Waals surface area contributed by atoms with Crippen LogP contribution in [-0.4, -0.2) is 31.6 Å². The van der Waals surface area contributed by atoms with Gasteiger partial charge in [-0.3, -0.25) is 0 Å². The second-order valence-corrected chi connectivity index (χ2v) is 3.39. The van der Waals surface area contributed by atoms with Gasteiger partial charge in [0.2, 0.25) is 0 Å². The van der Waals surface area contributed by atoms with Crippen molar-refractivity contribution in [2.45, 2.75) is 26.7 Å². The Balaban J connectivity index is -0.000000242. The van der Waals surface area contributed by atoms with E-state index in [1.807, 2.05) is 6.92 Å². The Bertz CT molecular complexity index is 414. The van der Waals surface area contributed by atoms with Crippen LogP contribution in [0.4, 0.5) is 0 Å². The average Bonchev–Trinajstić information content (AvgIpc) is 2.48. The van der Waals surface area contributed by atoms with Crippen LogP contribution in [0.2, 0.25) is 0 Å². The molecule has 0 aromatic rings. The van der Waals surface area contributed by atoms with Gasteiger partial charge in [0.15, 0.2) is 0 Å². The molecule has 0 bridgehead atoms. The summed E-state index contributed by atoms with van der Waals surface area (Å²) in [6.07, 6.45) is 3.90. The van der Waals surface area contributed by atoms with Gasteiger partial charge in [0.05, 0.1) is 19.8 Å². The Morgan fingerprint density at radius 3 is 2.14 bits per heavy atom. The van der Waals surface area contributed by atoms with Gasteiger partial charge in [0, 0.05) is 11.6 Å². The van der Waals surface area contributed by atoms with Gasteiger partial charge in [-0.2, -0.15) is 5.26 Å². The minimum absolute atomic E-state index is 0.330. The van der Waals surface area contributed by atoms with Crippen molar-refractivity contribution in [1.29, 1.82) is 5.26 Å². The van der Waals surface area contributed by atoms with E-state index in [9.17, 15) is 9.59 Å². The topological polar surface area (TPSA) is 93.5 Å². The van der Waals surface area contributed by atoms with Crippen molar-refractivity contribution in [3.8, 4) is 6.07 Å². The summed E-state index contributed by atoms with van der Waals surface area (Å²) in [6, 6.07) is 1.47. The fourth-order valence-corrected chi connectivity index (χ4v) is 0.577. The zero-order valence-electron chi connectivity index (χ0n) is 12.7. The van der Waals surface area contributed by atoms with E-state index >= 15 is 0 Å². The van der Waals surface area contributed by atoms with Gasteiger partial charge in [0.25, 0.3) is 0 Å². The minimum atomic E-state index is -0.347. The lowest BCUT2D eigenvalue weighted by atomic mass is 10.4. The first-order valence-electron chi connectivity index (χ1n) is 6.03. The smallest absolute Gasteiger partial charge is 0.332 e. The number of rotatable bonds is 5. The van der Waals surface area contributed by atoms with E-state index in [4.69, 9.17) is 10.1 Å². The summed E-state index contributed by atoms with van der Waals surface area (Å²) in [5.74, 6) is 0.604. The second kappa shape index (κ2) is 19.7. The van der Waals surface area contributed by atoms with Crippen LogP contribution >= 0.6 is 0 Å². The van der Waals surface area contributed by atoms with Gasteiger partial charge in [-0.1, -0.05) is 26.5 Å². The number of methoxy groups -OCH3 is 1. The number of ether oxygens (including phenoxy) is 2. The quantitative estimate of drug-likeness (QED) is 0.253. The number of carbonyl (C=O) groups is 2. The third-order valence-corrected chi connectivity index (χ3v) is 1.57. The molecule has 0 spiro atoms. The van der Waals surface area contributed by atoms with Crippen LogP contribution in [0, 0.1) is 11.3 Å². The predicted octanol–water partition coefficient (Wildman–Crippen LogP) is 2.15. The van der Waals surface area contributed by atoms with Crippen LogP contribution in [0.1, 0.15) is 26.7 Å². The third kappa shape index (κ3) is 26.8. The van der Waals surface area contributed by atoms with Crippen LogP contribution in [-0.2, 0) is 23.9 Å². The van der Waals surface area contributed by atoms with E-state index in [0.717, 1.165) is 18.9 Å². The van der Waals surface area contributed by atoms with Crippen molar-refractivity contribution in [1.82, 2.24) is 0 Å². The summed E-state index contributed by atoms with van der Waals surface area (Å²) < 4.78 is 8.95. The van der Waals surface area contributed by atoms with Crippen molar-refractivity contribution in [2.24, 2.45) is 0 Å². The molecule has 0 saturated heterocycles. The second-order valence-electron chi connectivity index (χ2n) is 3.39. The van der Waals surface area contributed by atoms with Crippen LogP contribution < -0.4 is 0 Å². The van der Waals surface area contributed by atoms with Crippen molar-refractivity contribution in [3.05, 3.63) is 30.9 Å². The van der Waals surface area contributed by atoms with Gasteiger partial charge in [-0.25, -0.2) is 14.4 Å².